The molecule has 0 saturated carbocycles. The van der Waals surface area contributed by atoms with Crippen molar-refractivity contribution in [3.8, 4) is 0 Å². The Balaban J connectivity index is 2.86. The number of nitrogens with zero attached hydrogens (tertiary/aromatic N) is 1. The molecule has 1 aromatic carbocycles. The fourth-order valence-electron chi connectivity index (χ4n) is 2.84. The molecule has 1 aromatic rings. The summed E-state index contributed by atoms with van der Waals surface area (Å²) in [4.78, 5) is 0. The summed E-state index contributed by atoms with van der Waals surface area (Å²) in [5.41, 5.74) is 2.43. The average Bonchev–Trinajstić information content (AvgIpc) is 2.50. The number of unbranched alkanes of at least 4 members (excludes halogenated alkanes) is 2. The molecule has 0 heterocycles. The van der Waals surface area contributed by atoms with Crippen LogP contribution in [0.2, 0.25) is 6.04 Å². The van der Waals surface area contributed by atoms with E-state index in [1.54, 1.807) is 5.19 Å². The van der Waals surface area contributed by atoms with Crippen molar-refractivity contribution in [3.63, 3.8) is 0 Å². The maximum Gasteiger partial charge on any atom is 0.143 e. The minimum atomic E-state index is -0.998. The Morgan fingerprint density at radius 1 is 1.00 bits per heavy atom. The lowest BCUT2D eigenvalue weighted by Gasteiger charge is -2.30. The first-order valence-corrected chi connectivity index (χ1v) is 10.5. The summed E-state index contributed by atoms with van der Waals surface area (Å²) >= 11 is 0. The van der Waals surface area contributed by atoms with Crippen LogP contribution in [0.1, 0.15) is 58.9 Å². The van der Waals surface area contributed by atoms with E-state index < -0.39 is 8.96 Å². The summed E-state index contributed by atoms with van der Waals surface area (Å²) in [6.07, 6.45) is 5.25. The second-order valence-corrected chi connectivity index (χ2v) is 9.31. The first kappa shape index (κ1) is 18.2. The molecule has 1 rings (SSSR count). The number of allylic oxidation sites excluding steroid dienone is 1. The van der Waals surface area contributed by atoms with Crippen molar-refractivity contribution >= 4 is 19.7 Å². The molecule has 118 valence electrons. The van der Waals surface area contributed by atoms with Crippen molar-refractivity contribution < 1.29 is 0 Å². The van der Waals surface area contributed by atoms with Crippen molar-refractivity contribution in [3.05, 3.63) is 36.4 Å². The van der Waals surface area contributed by atoms with Gasteiger partial charge < -0.3 is 4.57 Å². The van der Waals surface area contributed by atoms with Gasteiger partial charge in [-0.2, -0.15) is 0 Å². The SMILES string of the molecule is C=C(C)c1ccc([SiH](CC)N(CCCC)CCCC)cc1. The predicted octanol–water partition coefficient (Wildman–Crippen LogP) is 4.57. The van der Waals surface area contributed by atoms with E-state index in [1.807, 2.05) is 0 Å². The van der Waals surface area contributed by atoms with E-state index in [1.165, 1.54) is 50.4 Å². The molecule has 0 bridgehead atoms. The minimum Gasteiger partial charge on any atom is -0.322 e. The van der Waals surface area contributed by atoms with Crippen molar-refractivity contribution in [2.75, 3.05) is 13.1 Å². The third-order valence-electron chi connectivity index (χ3n) is 4.21. The van der Waals surface area contributed by atoms with Crippen molar-refractivity contribution in [2.45, 2.75) is 59.4 Å². The normalized spacial score (nSPS) is 12.6. The van der Waals surface area contributed by atoms with E-state index in [-0.39, 0.29) is 0 Å². The van der Waals surface area contributed by atoms with Crippen LogP contribution in [0.3, 0.4) is 0 Å². The third kappa shape index (κ3) is 5.80. The van der Waals surface area contributed by atoms with Gasteiger partial charge in [-0.25, -0.2) is 0 Å². The van der Waals surface area contributed by atoms with Crippen LogP contribution in [-0.4, -0.2) is 26.6 Å². The summed E-state index contributed by atoms with van der Waals surface area (Å²) < 4.78 is 2.82. The van der Waals surface area contributed by atoms with Gasteiger partial charge in [0.25, 0.3) is 0 Å². The largest absolute Gasteiger partial charge is 0.322 e. The van der Waals surface area contributed by atoms with E-state index in [0.717, 1.165) is 5.57 Å². The molecule has 0 aliphatic rings. The van der Waals surface area contributed by atoms with Crippen LogP contribution >= 0.6 is 0 Å². The Hall–Kier alpha value is -0.863. The molecule has 0 saturated heterocycles. The molecule has 0 aliphatic carbocycles. The fraction of sp³-hybridized carbons (Fsp3) is 0.579. The molecular formula is C19H33NSi. The van der Waals surface area contributed by atoms with Gasteiger partial charge in [0.05, 0.1) is 0 Å². The maximum absolute atomic E-state index is 4.04. The zero-order valence-electron chi connectivity index (χ0n) is 14.5. The molecule has 0 aromatic heterocycles. The van der Waals surface area contributed by atoms with Gasteiger partial charge in [-0.05, 0) is 49.6 Å². The molecule has 1 nitrogen and oxygen atoms in total. The summed E-state index contributed by atoms with van der Waals surface area (Å²) in [6, 6.07) is 10.5. The van der Waals surface area contributed by atoms with Crippen molar-refractivity contribution in [1.29, 1.82) is 0 Å². The highest BCUT2D eigenvalue weighted by Gasteiger charge is 2.19. The highest BCUT2D eigenvalue weighted by Crippen LogP contribution is 2.11. The number of rotatable bonds is 10. The molecule has 0 radical (unpaired) electrons. The number of benzene rings is 1. The standard InChI is InChI=1S/C19H33NSi/c1-6-9-15-20(16-10-7-2)21(8-3)19-13-11-18(12-14-19)17(4)5/h11-14,21H,4,6-10,15-16H2,1-3,5H3. The summed E-state index contributed by atoms with van der Waals surface area (Å²) in [5.74, 6) is 0. The van der Waals surface area contributed by atoms with Gasteiger partial charge in [0.2, 0.25) is 0 Å². The van der Waals surface area contributed by atoms with Crippen LogP contribution < -0.4 is 5.19 Å². The van der Waals surface area contributed by atoms with Crippen LogP contribution in [0.5, 0.6) is 0 Å². The molecule has 1 unspecified atom stereocenters. The Labute approximate surface area is 133 Å². The highest BCUT2D eigenvalue weighted by atomic mass is 28.3. The Kier molecular flexibility index (Phi) is 8.63. The van der Waals surface area contributed by atoms with Crippen molar-refractivity contribution in [1.82, 2.24) is 4.57 Å². The quantitative estimate of drug-likeness (QED) is 0.572. The van der Waals surface area contributed by atoms with Gasteiger partial charge >= 0.3 is 0 Å². The van der Waals surface area contributed by atoms with Crippen LogP contribution in [0, 0.1) is 0 Å². The summed E-state index contributed by atoms with van der Waals surface area (Å²) in [6.45, 7) is 15.6. The van der Waals surface area contributed by atoms with E-state index in [0.29, 0.717) is 0 Å². The van der Waals surface area contributed by atoms with Gasteiger partial charge in [0, 0.05) is 0 Å². The zero-order chi connectivity index (χ0) is 15.7. The molecule has 0 spiro atoms. The van der Waals surface area contributed by atoms with Gasteiger partial charge in [0.15, 0.2) is 0 Å². The maximum atomic E-state index is 4.04. The van der Waals surface area contributed by atoms with Crippen LogP contribution in [0.15, 0.2) is 30.8 Å². The first-order valence-electron chi connectivity index (χ1n) is 8.63. The number of hydrogen-bond donors (Lipinski definition) is 0. The highest BCUT2D eigenvalue weighted by molar-refractivity contribution is 6.70. The fourth-order valence-corrected chi connectivity index (χ4v) is 5.88. The molecule has 0 N–H and O–H groups in total. The van der Waals surface area contributed by atoms with Crippen LogP contribution in [-0.2, 0) is 0 Å². The number of hydrogen-bond acceptors (Lipinski definition) is 1. The zero-order valence-corrected chi connectivity index (χ0v) is 15.6. The molecule has 2 heteroatoms. The molecule has 1 atom stereocenters. The van der Waals surface area contributed by atoms with Gasteiger partial charge in [-0.15, -0.1) is 0 Å². The molecule has 21 heavy (non-hydrogen) atoms. The molecule has 0 amide bonds. The van der Waals surface area contributed by atoms with Gasteiger partial charge in [0.1, 0.15) is 8.96 Å². The van der Waals surface area contributed by atoms with Gasteiger partial charge in [-0.3, -0.25) is 0 Å². The lowest BCUT2D eigenvalue weighted by atomic mass is 10.1. The molecular weight excluding hydrogens is 270 g/mol. The summed E-state index contributed by atoms with van der Waals surface area (Å²) in [7, 11) is -0.998. The van der Waals surface area contributed by atoms with Crippen molar-refractivity contribution in [2.24, 2.45) is 0 Å². The topological polar surface area (TPSA) is 3.24 Å². The van der Waals surface area contributed by atoms with Crippen LogP contribution in [0.25, 0.3) is 5.57 Å². The third-order valence-corrected chi connectivity index (χ3v) is 7.54. The second-order valence-electron chi connectivity index (χ2n) is 6.07. The average molecular weight is 304 g/mol. The smallest absolute Gasteiger partial charge is 0.143 e. The van der Waals surface area contributed by atoms with E-state index in [9.17, 15) is 0 Å². The van der Waals surface area contributed by atoms with Gasteiger partial charge in [-0.1, -0.05) is 70.0 Å². The van der Waals surface area contributed by atoms with E-state index >= 15 is 0 Å². The Bertz CT molecular complexity index is 402. The van der Waals surface area contributed by atoms with E-state index in [4.69, 9.17) is 0 Å². The lowest BCUT2D eigenvalue weighted by molar-refractivity contribution is 0.413. The minimum absolute atomic E-state index is 0.998. The predicted molar refractivity (Wildman–Crippen MR) is 99.8 cm³/mol. The second kappa shape index (κ2) is 9.96. The van der Waals surface area contributed by atoms with Crippen LogP contribution in [0.4, 0.5) is 0 Å². The Morgan fingerprint density at radius 3 is 1.90 bits per heavy atom. The molecule has 0 aliphatic heterocycles. The summed E-state index contributed by atoms with van der Waals surface area (Å²) in [5, 5.41) is 1.59. The van der Waals surface area contributed by atoms with E-state index in [2.05, 4.69) is 63.1 Å². The Morgan fingerprint density at radius 2 is 1.52 bits per heavy atom. The monoisotopic (exact) mass is 303 g/mol. The lowest BCUT2D eigenvalue weighted by Crippen LogP contribution is -2.48. The first-order chi connectivity index (χ1) is 10.1. The molecule has 0 fully saturated rings.